The number of hydrogen-bond acceptors (Lipinski definition) is 5. The molecule has 0 unspecified atom stereocenters. The molecule has 20 heavy (non-hydrogen) atoms. The van der Waals surface area contributed by atoms with E-state index in [0.29, 0.717) is 12.3 Å². The van der Waals surface area contributed by atoms with Crippen LogP contribution in [0.1, 0.15) is 23.2 Å². The molecule has 1 N–H and O–H groups in total. The summed E-state index contributed by atoms with van der Waals surface area (Å²) in [4.78, 5) is 24.3. The number of nitro benzene ring substituents is 1. The predicted octanol–water partition coefficient (Wildman–Crippen LogP) is 1.20. The second kappa shape index (κ2) is 5.87. The predicted molar refractivity (Wildman–Crippen MR) is 70.8 cm³/mol. The van der Waals surface area contributed by atoms with Gasteiger partial charge in [-0.3, -0.25) is 14.9 Å². The van der Waals surface area contributed by atoms with E-state index in [9.17, 15) is 20.0 Å². The minimum atomic E-state index is -0.552. The molecule has 108 valence electrons. The first-order chi connectivity index (χ1) is 9.58. The van der Waals surface area contributed by atoms with Gasteiger partial charge in [0.1, 0.15) is 5.75 Å². The lowest BCUT2D eigenvalue weighted by Crippen LogP contribution is -2.37. The van der Waals surface area contributed by atoms with Crippen LogP contribution in [-0.4, -0.2) is 47.1 Å². The maximum atomic E-state index is 12.5. The first-order valence-electron chi connectivity index (χ1n) is 6.32. The van der Waals surface area contributed by atoms with Crippen LogP contribution in [0.5, 0.6) is 5.75 Å². The largest absolute Gasteiger partial charge is 0.496 e. The Morgan fingerprint density at radius 1 is 1.60 bits per heavy atom. The quantitative estimate of drug-likeness (QED) is 0.660. The number of benzene rings is 1. The molecule has 0 spiro atoms. The Kier molecular flexibility index (Phi) is 4.19. The number of aliphatic hydroxyl groups excluding tert-OH is 1. The molecule has 7 nitrogen and oxygen atoms in total. The molecule has 1 amide bonds. The van der Waals surface area contributed by atoms with Crippen molar-refractivity contribution in [2.45, 2.75) is 18.9 Å². The number of amides is 1. The van der Waals surface area contributed by atoms with E-state index in [1.807, 2.05) is 0 Å². The molecule has 1 aliphatic heterocycles. The molecule has 0 radical (unpaired) electrons. The third-order valence-electron chi connectivity index (χ3n) is 3.47. The minimum absolute atomic E-state index is 0.108. The van der Waals surface area contributed by atoms with Crippen LogP contribution < -0.4 is 4.74 Å². The van der Waals surface area contributed by atoms with Gasteiger partial charge in [-0.2, -0.15) is 0 Å². The van der Waals surface area contributed by atoms with Crippen LogP contribution in [0.4, 0.5) is 5.69 Å². The number of carbonyl (C=O) groups is 1. The van der Waals surface area contributed by atoms with Crippen molar-refractivity contribution < 1.29 is 19.6 Å². The second-order valence-electron chi connectivity index (χ2n) is 4.62. The Balaban J connectivity index is 2.37. The molecule has 1 saturated heterocycles. The van der Waals surface area contributed by atoms with Crippen LogP contribution in [-0.2, 0) is 0 Å². The Bertz CT molecular complexity index is 531. The van der Waals surface area contributed by atoms with Crippen LogP contribution in [0.15, 0.2) is 18.2 Å². The third-order valence-corrected chi connectivity index (χ3v) is 3.47. The number of rotatable bonds is 4. The fourth-order valence-corrected chi connectivity index (χ4v) is 2.42. The summed E-state index contributed by atoms with van der Waals surface area (Å²) in [6.45, 7) is 0.429. The number of non-ortho nitro benzene ring substituents is 1. The van der Waals surface area contributed by atoms with Gasteiger partial charge in [0.05, 0.1) is 30.2 Å². The van der Waals surface area contributed by atoms with Crippen molar-refractivity contribution in [3.05, 3.63) is 33.9 Å². The van der Waals surface area contributed by atoms with Gasteiger partial charge in [0.25, 0.3) is 11.6 Å². The first-order valence-corrected chi connectivity index (χ1v) is 6.32. The highest BCUT2D eigenvalue weighted by Crippen LogP contribution is 2.28. The van der Waals surface area contributed by atoms with Crippen molar-refractivity contribution in [3.63, 3.8) is 0 Å². The van der Waals surface area contributed by atoms with Gasteiger partial charge in [-0.25, -0.2) is 0 Å². The zero-order valence-electron chi connectivity index (χ0n) is 11.1. The van der Waals surface area contributed by atoms with Gasteiger partial charge in [-0.15, -0.1) is 0 Å². The highest BCUT2D eigenvalue weighted by Gasteiger charge is 2.31. The molecule has 0 aromatic heterocycles. The Morgan fingerprint density at radius 3 is 2.95 bits per heavy atom. The van der Waals surface area contributed by atoms with Crippen molar-refractivity contribution in [1.82, 2.24) is 4.90 Å². The molecule has 1 aromatic carbocycles. The number of hydrogen-bond donors (Lipinski definition) is 1. The fourth-order valence-electron chi connectivity index (χ4n) is 2.42. The fraction of sp³-hybridized carbons (Fsp3) is 0.462. The molecule has 0 saturated carbocycles. The first kappa shape index (κ1) is 14.3. The summed E-state index contributed by atoms with van der Waals surface area (Å²) >= 11 is 0. The normalized spacial score (nSPS) is 18.1. The van der Waals surface area contributed by atoms with Crippen LogP contribution >= 0.6 is 0 Å². The zero-order chi connectivity index (χ0) is 14.7. The van der Waals surface area contributed by atoms with E-state index in [1.54, 1.807) is 4.90 Å². The zero-order valence-corrected chi connectivity index (χ0v) is 11.1. The number of carbonyl (C=O) groups excluding carboxylic acids is 1. The van der Waals surface area contributed by atoms with E-state index < -0.39 is 4.92 Å². The van der Waals surface area contributed by atoms with Crippen LogP contribution in [0, 0.1) is 10.1 Å². The van der Waals surface area contributed by atoms with Crippen LogP contribution in [0.3, 0.4) is 0 Å². The Morgan fingerprint density at radius 2 is 2.35 bits per heavy atom. The molecular formula is C13H16N2O5. The minimum Gasteiger partial charge on any atom is -0.496 e. The topological polar surface area (TPSA) is 92.9 Å². The van der Waals surface area contributed by atoms with Crippen molar-refractivity contribution in [3.8, 4) is 5.75 Å². The van der Waals surface area contributed by atoms with Gasteiger partial charge in [-0.05, 0) is 18.9 Å². The highest BCUT2D eigenvalue weighted by atomic mass is 16.6. The highest BCUT2D eigenvalue weighted by molar-refractivity contribution is 5.98. The van der Waals surface area contributed by atoms with Gasteiger partial charge < -0.3 is 14.7 Å². The molecule has 7 heteroatoms. The SMILES string of the molecule is COc1ccc([N+](=O)[O-])cc1C(=O)N1CCC[C@H]1CO. The monoisotopic (exact) mass is 280 g/mol. The van der Waals surface area contributed by atoms with Gasteiger partial charge in [0.2, 0.25) is 0 Å². The van der Waals surface area contributed by atoms with Gasteiger partial charge in [0.15, 0.2) is 0 Å². The number of nitrogens with zero attached hydrogens (tertiary/aromatic N) is 2. The van der Waals surface area contributed by atoms with E-state index in [4.69, 9.17) is 4.74 Å². The number of ether oxygens (including phenoxy) is 1. The number of likely N-dealkylation sites (tertiary alicyclic amines) is 1. The van der Waals surface area contributed by atoms with Crippen molar-refractivity contribution in [1.29, 1.82) is 0 Å². The van der Waals surface area contributed by atoms with Crippen LogP contribution in [0.25, 0.3) is 0 Å². The van der Waals surface area contributed by atoms with Gasteiger partial charge >= 0.3 is 0 Å². The number of nitro groups is 1. The molecule has 1 aliphatic rings. The smallest absolute Gasteiger partial charge is 0.270 e. The molecule has 0 aliphatic carbocycles. The molecule has 1 fully saturated rings. The molecule has 0 bridgehead atoms. The lowest BCUT2D eigenvalue weighted by molar-refractivity contribution is -0.384. The van der Waals surface area contributed by atoms with Gasteiger partial charge in [0, 0.05) is 18.7 Å². The van der Waals surface area contributed by atoms with E-state index in [2.05, 4.69) is 0 Å². The summed E-state index contributed by atoms with van der Waals surface area (Å²) in [7, 11) is 1.41. The van der Waals surface area contributed by atoms with Gasteiger partial charge in [-0.1, -0.05) is 0 Å². The van der Waals surface area contributed by atoms with E-state index >= 15 is 0 Å². The van der Waals surface area contributed by atoms with Crippen LogP contribution in [0.2, 0.25) is 0 Å². The van der Waals surface area contributed by atoms with Crippen molar-refractivity contribution in [2.24, 2.45) is 0 Å². The summed E-state index contributed by atoms with van der Waals surface area (Å²) in [5, 5.41) is 20.1. The van der Waals surface area contributed by atoms with E-state index in [1.165, 1.54) is 25.3 Å². The Labute approximate surface area is 115 Å². The lowest BCUT2D eigenvalue weighted by Gasteiger charge is -2.23. The standard InChI is InChI=1S/C13H16N2O5/c1-20-12-5-4-9(15(18)19)7-11(12)13(17)14-6-2-3-10(14)8-16/h4-5,7,10,16H,2-3,6,8H2,1H3/t10-/m0/s1. The van der Waals surface area contributed by atoms with Crippen molar-refractivity contribution >= 4 is 11.6 Å². The molecule has 1 aromatic rings. The molecule has 1 heterocycles. The van der Waals surface area contributed by atoms with E-state index in [-0.39, 0.29) is 29.8 Å². The summed E-state index contributed by atoms with van der Waals surface area (Å²) in [6, 6.07) is 3.69. The number of aliphatic hydroxyl groups is 1. The third kappa shape index (κ3) is 2.57. The van der Waals surface area contributed by atoms with E-state index in [0.717, 1.165) is 12.8 Å². The number of methoxy groups -OCH3 is 1. The average Bonchev–Trinajstić information content (AvgIpc) is 2.94. The summed E-state index contributed by atoms with van der Waals surface area (Å²) in [5.41, 5.74) is -0.00375. The summed E-state index contributed by atoms with van der Waals surface area (Å²) in [6.07, 6.45) is 1.55. The van der Waals surface area contributed by atoms with Crippen molar-refractivity contribution in [2.75, 3.05) is 20.3 Å². The maximum absolute atomic E-state index is 12.5. The molecule has 2 rings (SSSR count). The lowest BCUT2D eigenvalue weighted by atomic mass is 10.1. The molecular weight excluding hydrogens is 264 g/mol. The summed E-state index contributed by atoms with van der Waals surface area (Å²) < 4.78 is 5.10. The Hall–Kier alpha value is -2.15. The maximum Gasteiger partial charge on any atom is 0.270 e. The second-order valence-corrected chi connectivity index (χ2v) is 4.62. The average molecular weight is 280 g/mol. The summed E-state index contributed by atoms with van der Waals surface area (Å²) in [5.74, 6) is -0.0497. The molecule has 1 atom stereocenters.